The summed E-state index contributed by atoms with van der Waals surface area (Å²) in [4.78, 5) is 4.55. The van der Waals surface area contributed by atoms with Gasteiger partial charge in [-0.1, -0.05) is 17.3 Å². The summed E-state index contributed by atoms with van der Waals surface area (Å²) in [7, 11) is 0. The van der Waals surface area contributed by atoms with Crippen molar-refractivity contribution in [3.8, 4) is 23.0 Å². The molecule has 1 aliphatic heterocycles. The molecule has 6 nitrogen and oxygen atoms in total. The second-order valence-corrected chi connectivity index (χ2v) is 6.79. The van der Waals surface area contributed by atoms with E-state index in [2.05, 4.69) is 22.3 Å². The number of hydrogen-bond acceptors (Lipinski definition) is 6. The molecule has 0 radical (unpaired) electrons. The highest BCUT2D eigenvalue weighted by Crippen LogP contribution is 2.34. The molecule has 2 heterocycles. The Morgan fingerprint density at radius 1 is 1.08 bits per heavy atom. The third kappa shape index (κ3) is 2.72. The minimum atomic E-state index is 0.0923. The number of nitrogens with zero attached hydrogens (tertiary/aromatic N) is 2. The van der Waals surface area contributed by atoms with E-state index in [1.165, 1.54) is 11.1 Å². The third-order valence-electron chi connectivity index (χ3n) is 5.02. The normalized spacial score (nSPS) is 18.0. The summed E-state index contributed by atoms with van der Waals surface area (Å²) < 4.78 is 16.2. The van der Waals surface area contributed by atoms with E-state index in [0.717, 1.165) is 41.9 Å². The van der Waals surface area contributed by atoms with Crippen LogP contribution in [0.25, 0.3) is 11.5 Å². The van der Waals surface area contributed by atoms with Crippen LogP contribution in [0.1, 0.15) is 41.4 Å². The molecule has 0 fully saturated rings. The van der Waals surface area contributed by atoms with Crippen LogP contribution in [0.15, 0.2) is 40.9 Å². The summed E-state index contributed by atoms with van der Waals surface area (Å²) in [6, 6.07) is 12.2. The van der Waals surface area contributed by atoms with E-state index in [4.69, 9.17) is 19.7 Å². The number of benzene rings is 2. The van der Waals surface area contributed by atoms with E-state index < -0.39 is 0 Å². The van der Waals surface area contributed by atoms with Crippen molar-refractivity contribution < 1.29 is 14.0 Å². The van der Waals surface area contributed by atoms with E-state index in [9.17, 15) is 0 Å². The fraction of sp³-hybridized carbons (Fsp3) is 0.300. The predicted octanol–water partition coefficient (Wildman–Crippen LogP) is 3.39. The van der Waals surface area contributed by atoms with Crippen molar-refractivity contribution in [2.24, 2.45) is 5.73 Å². The number of hydrogen-bond donors (Lipinski definition) is 1. The highest BCUT2D eigenvalue weighted by molar-refractivity contribution is 5.57. The highest BCUT2D eigenvalue weighted by Gasteiger charge is 2.19. The van der Waals surface area contributed by atoms with Crippen molar-refractivity contribution >= 4 is 0 Å². The van der Waals surface area contributed by atoms with Crippen LogP contribution in [0, 0.1) is 0 Å². The van der Waals surface area contributed by atoms with Gasteiger partial charge in [-0.05, 0) is 60.2 Å². The van der Waals surface area contributed by atoms with Gasteiger partial charge in [0.05, 0.1) is 0 Å². The van der Waals surface area contributed by atoms with Gasteiger partial charge in [-0.15, -0.1) is 0 Å². The minimum Gasteiger partial charge on any atom is -0.454 e. The summed E-state index contributed by atoms with van der Waals surface area (Å²) in [5, 5.41) is 4.12. The number of aryl methyl sites for hydroxylation is 1. The Morgan fingerprint density at radius 3 is 2.96 bits per heavy atom. The summed E-state index contributed by atoms with van der Waals surface area (Å²) >= 11 is 0. The Hall–Kier alpha value is -2.86. The maximum absolute atomic E-state index is 6.26. The van der Waals surface area contributed by atoms with Crippen LogP contribution >= 0.6 is 0 Å². The number of fused-ring (bicyclic) bond motifs is 2. The first kappa shape index (κ1) is 15.4. The Balaban J connectivity index is 1.39. The lowest BCUT2D eigenvalue weighted by atomic mass is 9.87. The molecule has 2 N–H and O–H groups in total. The molecule has 132 valence electrons. The average molecular weight is 349 g/mol. The first-order chi connectivity index (χ1) is 12.8. The molecule has 0 amide bonds. The van der Waals surface area contributed by atoms with Gasteiger partial charge in [0.2, 0.25) is 6.79 Å². The largest absolute Gasteiger partial charge is 0.454 e. The van der Waals surface area contributed by atoms with Crippen LogP contribution in [0.5, 0.6) is 11.5 Å². The molecule has 6 heteroatoms. The van der Waals surface area contributed by atoms with Gasteiger partial charge < -0.3 is 19.7 Å². The smallest absolute Gasteiger partial charge is 0.257 e. The molecule has 5 rings (SSSR count). The average Bonchev–Trinajstić information content (AvgIpc) is 3.31. The molecule has 0 bridgehead atoms. The lowest BCUT2D eigenvalue weighted by Gasteiger charge is -2.22. The molecule has 1 unspecified atom stereocenters. The summed E-state index contributed by atoms with van der Waals surface area (Å²) in [5.74, 6) is 2.70. The topological polar surface area (TPSA) is 83.4 Å². The zero-order valence-corrected chi connectivity index (χ0v) is 14.3. The van der Waals surface area contributed by atoms with Gasteiger partial charge >= 0.3 is 0 Å². The van der Waals surface area contributed by atoms with Crippen LogP contribution in [0.4, 0.5) is 0 Å². The van der Waals surface area contributed by atoms with Gasteiger partial charge in [0.1, 0.15) is 0 Å². The van der Waals surface area contributed by atoms with Gasteiger partial charge in [-0.2, -0.15) is 4.98 Å². The number of ether oxygens (including phenoxy) is 2. The monoisotopic (exact) mass is 349 g/mol. The molecule has 0 saturated heterocycles. The summed E-state index contributed by atoms with van der Waals surface area (Å²) in [5.41, 5.74) is 10.8. The molecular weight excluding hydrogens is 330 g/mol. The van der Waals surface area contributed by atoms with Gasteiger partial charge in [0, 0.05) is 18.0 Å². The standard InChI is InChI=1S/C20H19N3O3/c21-16-3-1-2-13-5-6-14(10-15(13)16)20-22-19(23-26-20)9-12-4-7-17-18(8-12)25-11-24-17/h4-8,10,16H,1-3,9,11,21H2. The second-order valence-electron chi connectivity index (χ2n) is 6.79. The van der Waals surface area contributed by atoms with E-state index in [-0.39, 0.29) is 12.8 Å². The van der Waals surface area contributed by atoms with Gasteiger partial charge in [0.25, 0.3) is 5.89 Å². The molecule has 26 heavy (non-hydrogen) atoms. The van der Waals surface area contributed by atoms with Crippen molar-refractivity contribution in [2.45, 2.75) is 31.7 Å². The quantitative estimate of drug-likeness (QED) is 0.780. The highest BCUT2D eigenvalue weighted by atomic mass is 16.7. The van der Waals surface area contributed by atoms with Crippen molar-refractivity contribution in [2.75, 3.05) is 6.79 Å². The van der Waals surface area contributed by atoms with Crippen LogP contribution in [0.2, 0.25) is 0 Å². The van der Waals surface area contributed by atoms with Crippen LogP contribution in [0.3, 0.4) is 0 Å². The van der Waals surface area contributed by atoms with E-state index in [1.807, 2.05) is 24.3 Å². The van der Waals surface area contributed by atoms with Crippen LogP contribution < -0.4 is 15.2 Å². The Kier molecular flexibility index (Phi) is 3.64. The van der Waals surface area contributed by atoms with Crippen molar-refractivity contribution in [3.63, 3.8) is 0 Å². The SMILES string of the molecule is NC1CCCc2ccc(-c3nc(Cc4ccc5c(c4)OCO5)no3)cc21. The molecule has 2 aromatic carbocycles. The molecule has 0 spiro atoms. The fourth-order valence-corrected chi connectivity index (χ4v) is 3.65. The minimum absolute atomic E-state index is 0.0923. The zero-order chi connectivity index (χ0) is 17.5. The predicted molar refractivity (Wildman–Crippen MR) is 95.0 cm³/mol. The molecule has 1 aromatic heterocycles. The summed E-state index contributed by atoms with van der Waals surface area (Å²) in [6.45, 7) is 0.269. The third-order valence-corrected chi connectivity index (χ3v) is 5.02. The lowest BCUT2D eigenvalue weighted by Crippen LogP contribution is -2.17. The van der Waals surface area contributed by atoms with Gasteiger partial charge in [0.15, 0.2) is 17.3 Å². The first-order valence-corrected chi connectivity index (χ1v) is 8.86. The molecule has 3 aromatic rings. The molecule has 1 aliphatic carbocycles. The van der Waals surface area contributed by atoms with Crippen LogP contribution in [-0.2, 0) is 12.8 Å². The Morgan fingerprint density at radius 2 is 2.00 bits per heavy atom. The van der Waals surface area contributed by atoms with Gasteiger partial charge in [-0.3, -0.25) is 0 Å². The number of nitrogens with two attached hydrogens (primary N) is 1. The maximum Gasteiger partial charge on any atom is 0.257 e. The van der Waals surface area contributed by atoms with Crippen molar-refractivity contribution in [3.05, 3.63) is 58.9 Å². The van der Waals surface area contributed by atoms with Crippen molar-refractivity contribution in [1.29, 1.82) is 0 Å². The second kappa shape index (κ2) is 6.14. The first-order valence-electron chi connectivity index (χ1n) is 8.86. The Labute approximate surface area is 150 Å². The Bertz CT molecular complexity index is 967. The maximum atomic E-state index is 6.26. The van der Waals surface area contributed by atoms with E-state index >= 15 is 0 Å². The molecular formula is C20H19N3O3. The molecule has 1 atom stereocenters. The van der Waals surface area contributed by atoms with Gasteiger partial charge in [-0.25, -0.2) is 0 Å². The lowest BCUT2D eigenvalue weighted by molar-refractivity contribution is 0.174. The van der Waals surface area contributed by atoms with E-state index in [0.29, 0.717) is 18.1 Å². The summed E-state index contributed by atoms with van der Waals surface area (Å²) in [6.07, 6.45) is 3.83. The number of aromatic nitrogens is 2. The zero-order valence-electron chi connectivity index (χ0n) is 14.3. The van der Waals surface area contributed by atoms with E-state index in [1.54, 1.807) is 0 Å². The fourth-order valence-electron chi connectivity index (χ4n) is 3.65. The van der Waals surface area contributed by atoms with Crippen molar-refractivity contribution in [1.82, 2.24) is 10.1 Å². The molecule has 2 aliphatic rings. The molecule has 0 saturated carbocycles. The van der Waals surface area contributed by atoms with Crippen LogP contribution in [-0.4, -0.2) is 16.9 Å². The number of rotatable bonds is 3.